The second kappa shape index (κ2) is 3.02. The molecule has 0 spiro atoms. The van der Waals surface area contributed by atoms with E-state index in [-0.39, 0.29) is 0 Å². The highest BCUT2D eigenvalue weighted by Gasteiger charge is 2.36. The van der Waals surface area contributed by atoms with Gasteiger partial charge in [-0.15, -0.1) is 6.58 Å². The molecule has 12 heavy (non-hydrogen) atoms. The Labute approximate surface area is 72.7 Å². The number of para-hydroxylation sites is 1. The van der Waals surface area contributed by atoms with Crippen molar-refractivity contribution >= 4 is 0 Å². The van der Waals surface area contributed by atoms with E-state index in [9.17, 15) is 0 Å². The largest absolute Gasteiger partial charge is 0.490 e. The van der Waals surface area contributed by atoms with E-state index in [1.165, 1.54) is 0 Å². The molecule has 1 saturated carbocycles. The molecule has 0 aromatic heterocycles. The Bertz CT molecular complexity index is 266. The average Bonchev–Trinajstić information content (AvgIpc) is 2.85. The van der Waals surface area contributed by atoms with E-state index in [2.05, 4.69) is 6.58 Å². The summed E-state index contributed by atoms with van der Waals surface area (Å²) in [6.45, 7) is 3.73. The highest BCUT2D eigenvalue weighted by molar-refractivity contribution is 5.22. The standard InChI is InChI=1S/C11H12O/c1-2-9-8-11(9)12-10-6-4-3-5-7-10/h2-7,9,11H,1,8H2. The minimum Gasteiger partial charge on any atom is -0.490 e. The van der Waals surface area contributed by atoms with Crippen molar-refractivity contribution < 1.29 is 4.74 Å². The predicted molar refractivity (Wildman–Crippen MR) is 49.2 cm³/mol. The summed E-state index contributed by atoms with van der Waals surface area (Å²) in [5.41, 5.74) is 0. The molecule has 0 N–H and O–H groups in total. The van der Waals surface area contributed by atoms with Crippen LogP contribution in [0.2, 0.25) is 0 Å². The quantitative estimate of drug-likeness (QED) is 0.617. The van der Waals surface area contributed by atoms with Crippen LogP contribution >= 0.6 is 0 Å². The molecular formula is C11H12O. The molecule has 2 atom stereocenters. The topological polar surface area (TPSA) is 9.23 Å². The molecule has 0 heterocycles. The third-order valence-electron chi connectivity index (χ3n) is 2.11. The van der Waals surface area contributed by atoms with Gasteiger partial charge >= 0.3 is 0 Å². The van der Waals surface area contributed by atoms with Crippen LogP contribution in [0.4, 0.5) is 0 Å². The van der Waals surface area contributed by atoms with Crippen LogP contribution in [0.5, 0.6) is 5.75 Å². The lowest BCUT2D eigenvalue weighted by atomic mass is 10.3. The molecule has 1 nitrogen and oxygen atoms in total. The van der Waals surface area contributed by atoms with Gasteiger partial charge in [0, 0.05) is 5.92 Å². The van der Waals surface area contributed by atoms with Crippen molar-refractivity contribution in [2.45, 2.75) is 12.5 Å². The van der Waals surface area contributed by atoms with Crippen molar-refractivity contribution in [2.75, 3.05) is 0 Å². The summed E-state index contributed by atoms with van der Waals surface area (Å²) in [7, 11) is 0. The van der Waals surface area contributed by atoms with Crippen LogP contribution in [0, 0.1) is 5.92 Å². The van der Waals surface area contributed by atoms with Crippen LogP contribution in [0.3, 0.4) is 0 Å². The van der Waals surface area contributed by atoms with E-state index < -0.39 is 0 Å². The van der Waals surface area contributed by atoms with Crippen molar-refractivity contribution in [3.63, 3.8) is 0 Å². The highest BCUT2D eigenvalue weighted by atomic mass is 16.5. The van der Waals surface area contributed by atoms with Crippen molar-refractivity contribution in [1.82, 2.24) is 0 Å². The van der Waals surface area contributed by atoms with Crippen LogP contribution in [0.1, 0.15) is 6.42 Å². The predicted octanol–water partition coefficient (Wildman–Crippen LogP) is 2.64. The fourth-order valence-corrected chi connectivity index (χ4v) is 1.25. The molecule has 0 saturated heterocycles. The monoisotopic (exact) mass is 160 g/mol. The number of benzene rings is 1. The normalized spacial score (nSPS) is 26.3. The molecule has 1 aromatic carbocycles. The fraction of sp³-hybridized carbons (Fsp3) is 0.273. The zero-order valence-corrected chi connectivity index (χ0v) is 6.94. The van der Waals surface area contributed by atoms with Crippen LogP contribution in [-0.4, -0.2) is 6.10 Å². The van der Waals surface area contributed by atoms with E-state index in [0.717, 1.165) is 12.2 Å². The summed E-state index contributed by atoms with van der Waals surface area (Å²) < 4.78 is 5.66. The molecule has 2 rings (SSSR count). The van der Waals surface area contributed by atoms with E-state index in [1.54, 1.807) is 0 Å². The van der Waals surface area contributed by atoms with Gasteiger partial charge in [0.05, 0.1) is 0 Å². The summed E-state index contributed by atoms with van der Waals surface area (Å²) >= 11 is 0. The maximum atomic E-state index is 5.66. The summed E-state index contributed by atoms with van der Waals surface area (Å²) in [6, 6.07) is 9.93. The zero-order chi connectivity index (χ0) is 8.39. The summed E-state index contributed by atoms with van der Waals surface area (Å²) in [4.78, 5) is 0. The lowest BCUT2D eigenvalue weighted by Crippen LogP contribution is -1.98. The maximum Gasteiger partial charge on any atom is 0.119 e. The first-order valence-corrected chi connectivity index (χ1v) is 4.24. The molecule has 0 bridgehead atoms. The van der Waals surface area contributed by atoms with Gasteiger partial charge in [-0.05, 0) is 18.6 Å². The van der Waals surface area contributed by atoms with Crippen molar-refractivity contribution in [1.29, 1.82) is 0 Å². The molecule has 62 valence electrons. The maximum absolute atomic E-state index is 5.66. The molecule has 2 unspecified atom stereocenters. The Balaban J connectivity index is 1.93. The first-order valence-electron chi connectivity index (χ1n) is 4.24. The third-order valence-corrected chi connectivity index (χ3v) is 2.11. The van der Waals surface area contributed by atoms with E-state index in [1.807, 2.05) is 36.4 Å². The van der Waals surface area contributed by atoms with Gasteiger partial charge in [-0.25, -0.2) is 0 Å². The Morgan fingerprint density at radius 3 is 2.67 bits per heavy atom. The van der Waals surface area contributed by atoms with Crippen LogP contribution < -0.4 is 4.74 Å². The minimum atomic E-state index is 0.380. The second-order valence-corrected chi connectivity index (χ2v) is 3.10. The highest BCUT2D eigenvalue weighted by Crippen LogP contribution is 2.35. The van der Waals surface area contributed by atoms with Gasteiger partial charge in [0.1, 0.15) is 11.9 Å². The molecule has 1 heteroatoms. The number of ether oxygens (including phenoxy) is 1. The first kappa shape index (κ1) is 7.41. The minimum absolute atomic E-state index is 0.380. The fourth-order valence-electron chi connectivity index (χ4n) is 1.25. The van der Waals surface area contributed by atoms with E-state index >= 15 is 0 Å². The van der Waals surface area contributed by atoms with Crippen LogP contribution in [0.25, 0.3) is 0 Å². The molecule has 1 aromatic rings. The third kappa shape index (κ3) is 1.50. The summed E-state index contributed by atoms with van der Waals surface area (Å²) in [5, 5.41) is 0. The Hall–Kier alpha value is -1.24. The summed E-state index contributed by atoms with van der Waals surface area (Å²) in [6.07, 6.45) is 3.47. The van der Waals surface area contributed by atoms with Gasteiger partial charge in [-0.3, -0.25) is 0 Å². The number of hydrogen-bond acceptors (Lipinski definition) is 1. The lowest BCUT2D eigenvalue weighted by molar-refractivity contribution is 0.293. The SMILES string of the molecule is C=CC1CC1Oc1ccccc1. The van der Waals surface area contributed by atoms with Gasteiger partial charge in [0.15, 0.2) is 0 Å². The zero-order valence-electron chi connectivity index (χ0n) is 6.94. The Morgan fingerprint density at radius 1 is 1.33 bits per heavy atom. The van der Waals surface area contributed by atoms with Gasteiger partial charge in [0.2, 0.25) is 0 Å². The first-order chi connectivity index (χ1) is 5.90. The smallest absolute Gasteiger partial charge is 0.119 e. The van der Waals surface area contributed by atoms with E-state index in [0.29, 0.717) is 12.0 Å². The molecule has 1 aliphatic carbocycles. The summed E-state index contributed by atoms with van der Waals surface area (Å²) in [5.74, 6) is 1.54. The van der Waals surface area contributed by atoms with E-state index in [4.69, 9.17) is 4.74 Å². The van der Waals surface area contributed by atoms with Gasteiger partial charge in [-0.1, -0.05) is 24.3 Å². The van der Waals surface area contributed by atoms with Crippen molar-refractivity contribution in [3.8, 4) is 5.75 Å². The molecule has 1 aliphatic rings. The average molecular weight is 160 g/mol. The Morgan fingerprint density at radius 2 is 2.08 bits per heavy atom. The number of rotatable bonds is 3. The lowest BCUT2D eigenvalue weighted by Gasteiger charge is -2.02. The van der Waals surface area contributed by atoms with Crippen molar-refractivity contribution in [3.05, 3.63) is 43.0 Å². The molecule has 1 fully saturated rings. The van der Waals surface area contributed by atoms with Gasteiger partial charge < -0.3 is 4.74 Å². The molecule has 0 amide bonds. The van der Waals surface area contributed by atoms with Crippen molar-refractivity contribution in [2.24, 2.45) is 5.92 Å². The van der Waals surface area contributed by atoms with Crippen LogP contribution in [-0.2, 0) is 0 Å². The molecule has 0 aliphatic heterocycles. The molecular weight excluding hydrogens is 148 g/mol. The Kier molecular flexibility index (Phi) is 1.86. The van der Waals surface area contributed by atoms with Gasteiger partial charge in [-0.2, -0.15) is 0 Å². The number of hydrogen-bond donors (Lipinski definition) is 0. The second-order valence-electron chi connectivity index (χ2n) is 3.10. The molecule has 0 radical (unpaired) electrons. The van der Waals surface area contributed by atoms with Crippen LogP contribution in [0.15, 0.2) is 43.0 Å². The van der Waals surface area contributed by atoms with Gasteiger partial charge in [0.25, 0.3) is 0 Å².